The Morgan fingerprint density at radius 2 is 2.00 bits per heavy atom. The summed E-state index contributed by atoms with van der Waals surface area (Å²) in [6.45, 7) is 0.697. The Bertz CT molecular complexity index is 128. The van der Waals surface area contributed by atoms with Crippen LogP contribution in [0.15, 0.2) is 0 Å². The van der Waals surface area contributed by atoms with E-state index in [1.807, 2.05) is 0 Å². The number of hydrogen-bond donors (Lipinski definition) is 4. The molecule has 0 bridgehead atoms. The van der Waals surface area contributed by atoms with Gasteiger partial charge in [0.1, 0.15) is 0 Å². The number of thiol groups is 1. The molecule has 0 unspecified atom stereocenters. The summed E-state index contributed by atoms with van der Waals surface area (Å²) >= 11 is 3.90. The Hall–Kier alpha value is -0.260. The average molecular weight is 179 g/mol. The smallest absolute Gasteiger partial charge is 0.217 e. The molecular weight excluding hydrogens is 166 g/mol. The monoisotopic (exact) mass is 179 g/mol. The van der Waals surface area contributed by atoms with Gasteiger partial charge in [0.05, 0.1) is 18.8 Å². The second-order valence-electron chi connectivity index (χ2n) is 2.44. The van der Waals surface area contributed by atoms with Crippen molar-refractivity contribution in [2.24, 2.45) is 0 Å². The van der Waals surface area contributed by atoms with E-state index in [0.717, 1.165) is 0 Å². The number of aliphatic hydroxyl groups excluding tert-OH is 2. The predicted octanol–water partition coefficient (Wildman–Crippen LogP) is -1.22. The maximum absolute atomic E-state index is 10.6. The highest BCUT2D eigenvalue weighted by atomic mass is 32.1. The molecule has 3 N–H and O–H groups in total. The van der Waals surface area contributed by atoms with Gasteiger partial charge in [-0.25, -0.2) is 0 Å². The largest absolute Gasteiger partial charge is 0.394 e. The standard InChI is InChI=1S/C6H13NO3S/c1-5(10)7-6(2-8,3-9)4-11/h8-9,11H,2-4H2,1H3,(H,7,10). The molecule has 0 aromatic rings. The van der Waals surface area contributed by atoms with Crippen LogP contribution in [-0.4, -0.2) is 40.6 Å². The SMILES string of the molecule is CC(=O)NC(CO)(CO)CS. The summed E-state index contributed by atoms with van der Waals surface area (Å²) in [4.78, 5) is 10.6. The molecule has 0 atom stereocenters. The molecule has 0 saturated carbocycles. The summed E-state index contributed by atoms with van der Waals surface area (Å²) in [7, 11) is 0. The number of aliphatic hydroxyl groups is 2. The fourth-order valence-corrected chi connectivity index (χ4v) is 0.921. The second-order valence-corrected chi connectivity index (χ2v) is 2.75. The summed E-state index contributed by atoms with van der Waals surface area (Å²) < 4.78 is 0. The normalized spacial score (nSPS) is 11.3. The highest BCUT2D eigenvalue weighted by molar-refractivity contribution is 7.80. The summed E-state index contributed by atoms with van der Waals surface area (Å²) in [6, 6.07) is 0. The third kappa shape index (κ3) is 3.09. The van der Waals surface area contributed by atoms with Gasteiger partial charge in [0.25, 0.3) is 0 Å². The van der Waals surface area contributed by atoms with Crippen LogP contribution in [0.1, 0.15) is 6.92 Å². The zero-order valence-electron chi connectivity index (χ0n) is 6.37. The van der Waals surface area contributed by atoms with Crippen LogP contribution >= 0.6 is 12.6 Å². The van der Waals surface area contributed by atoms with E-state index in [1.165, 1.54) is 6.92 Å². The molecule has 0 saturated heterocycles. The van der Waals surface area contributed by atoms with Gasteiger partial charge < -0.3 is 15.5 Å². The Balaban J connectivity index is 4.16. The molecule has 0 aromatic carbocycles. The first kappa shape index (κ1) is 10.7. The third-order valence-corrected chi connectivity index (χ3v) is 1.95. The zero-order valence-corrected chi connectivity index (χ0v) is 7.27. The molecule has 4 nitrogen and oxygen atoms in total. The van der Waals surface area contributed by atoms with E-state index >= 15 is 0 Å². The van der Waals surface area contributed by atoms with Crippen molar-refractivity contribution in [3.8, 4) is 0 Å². The number of carbonyl (C=O) groups is 1. The summed E-state index contributed by atoms with van der Waals surface area (Å²) in [5.74, 6) is -0.0818. The number of carbonyl (C=O) groups excluding carboxylic acids is 1. The van der Waals surface area contributed by atoms with Crippen LogP contribution in [0.4, 0.5) is 0 Å². The first-order valence-corrected chi connectivity index (χ1v) is 3.85. The fraction of sp³-hybridized carbons (Fsp3) is 0.833. The quantitative estimate of drug-likeness (QED) is 0.409. The van der Waals surface area contributed by atoms with E-state index in [2.05, 4.69) is 17.9 Å². The van der Waals surface area contributed by atoms with Crippen molar-refractivity contribution >= 4 is 18.5 Å². The molecule has 1 amide bonds. The number of rotatable bonds is 4. The van der Waals surface area contributed by atoms with Crippen LogP contribution in [-0.2, 0) is 4.79 Å². The number of hydrogen-bond acceptors (Lipinski definition) is 4. The maximum atomic E-state index is 10.6. The van der Waals surface area contributed by atoms with Gasteiger partial charge in [-0.1, -0.05) is 0 Å². The van der Waals surface area contributed by atoms with E-state index in [-0.39, 0.29) is 24.9 Å². The molecule has 0 rings (SSSR count). The molecule has 5 heteroatoms. The molecule has 0 aliphatic carbocycles. The Morgan fingerprint density at radius 3 is 2.09 bits per heavy atom. The van der Waals surface area contributed by atoms with Crippen molar-refractivity contribution in [2.45, 2.75) is 12.5 Å². The van der Waals surface area contributed by atoms with Gasteiger partial charge in [-0.2, -0.15) is 12.6 Å². The lowest BCUT2D eigenvalue weighted by Gasteiger charge is -2.28. The first-order chi connectivity index (χ1) is 5.10. The molecule has 0 aliphatic rings. The second kappa shape index (κ2) is 4.58. The molecule has 11 heavy (non-hydrogen) atoms. The lowest BCUT2D eigenvalue weighted by molar-refractivity contribution is -0.121. The van der Waals surface area contributed by atoms with Gasteiger partial charge in [-0.3, -0.25) is 4.79 Å². The van der Waals surface area contributed by atoms with E-state index in [4.69, 9.17) is 10.2 Å². The van der Waals surface area contributed by atoms with Crippen LogP contribution in [0.25, 0.3) is 0 Å². The lowest BCUT2D eigenvalue weighted by atomic mass is 10.1. The first-order valence-electron chi connectivity index (χ1n) is 3.21. The predicted molar refractivity (Wildman–Crippen MR) is 44.6 cm³/mol. The summed E-state index contributed by atoms with van der Waals surface area (Å²) in [6.07, 6.45) is 0. The molecule has 0 spiro atoms. The van der Waals surface area contributed by atoms with E-state index in [0.29, 0.717) is 0 Å². The Morgan fingerprint density at radius 1 is 1.55 bits per heavy atom. The van der Waals surface area contributed by atoms with E-state index < -0.39 is 5.54 Å². The average Bonchev–Trinajstić information content (AvgIpc) is 2.00. The minimum Gasteiger partial charge on any atom is -0.394 e. The van der Waals surface area contributed by atoms with Gasteiger partial charge in [-0.15, -0.1) is 0 Å². The molecule has 0 fully saturated rings. The maximum Gasteiger partial charge on any atom is 0.217 e. The van der Waals surface area contributed by atoms with E-state index in [1.54, 1.807) is 0 Å². The van der Waals surface area contributed by atoms with Crippen LogP contribution < -0.4 is 5.32 Å². The van der Waals surface area contributed by atoms with Crippen LogP contribution in [0.5, 0.6) is 0 Å². The summed E-state index contributed by atoms with van der Waals surface area (Å²) in [5, 5.41) is 20.0. The molecular formula is C6H13NO3S. The van der Waals surface area contributed by atoms with Crippen molar-refractivity contribution in [1.29, 1.82) is 0 Å². The number of amides is 1. The zero-order chi connectivity index (χ0) is 8.91. The van der Waals surface area contributed by atoms with Crippen LogP contribution in [0.2, 0.25) is 0 Å². The van der Waals surface area contributed by atoms with E-state index in [9.17, 15) is 4.79 Å². The fourth-order valence-electron chi connectivity index (χ4n) is 0.642. The van der Waals surface area contributed by atoms with Gasteiger partial charge >= 0.3 is 0 Å². The van der Waals surface area contributed by atoms with Crippen molar-refractivity contribution < 1.29 is 15.0 Å². The van der Waals surface area contributed by atoms with Gasteiger partial charge in [0, 0.05) is 12.7 Å². The van der Waals surface area contributed by atoms with Gasteiger partial charge in [0.2, 0.25) is 5.91 Å². The van der Waals surface area contributed by atoms with Gasteiger partial charge in [-0.05, 0) is 0 Å². The number of nitrogens with one attached hydrogen (secondary N) is 1. The molecule has 0 aliphatic heterocycles. The molecule has 0 radical (unpaired) electrons. The van der Waals surface area contributed by atoms with Crippen LogP contribution in [0.3, 0.4) is 0 Å². The minimum atomic E-state index is -0.977. The lowest BCUT2D eigenvalue weighted by Crippen LogP contribution is -2.55. The van der Waals surface area contributed by atoms with Crippen molar-refractivity contribution in [2.75, 3.05) is 19.0 Å². The minimum absolute atomic E-state index is 0.208. The van der Waals surface area contributed by atoms with Crippen molar-refractivity contribution in [3.63, 3.8) is 0 Å². The van der Waals surface area contributed by atoms with Crippen molar-refractivity contribution in [1.82, 2.24) is 5.32 Å². The Labute approximate surface area is 71.0 Å². The highest BCUT2D eigenvalue weighted by Gasteiger charge is 2.27. The van der Waals surface area contributed by atoms with Crippen LogP contribution in [0, 0.1) is 0 Å². The van der Waals surface area contributed by atoms with Gasteiger partial charge in [0.15, 0.2) is 0 Å². The van der Waals surface area contributed by atoms with Crippen molar-refractivity contribution in [3.05, 3.63) is 0 Å². The molecule has 0 heterocycles. The third-order valence-electron chi connectivity index (χ3n) is 1.35. The Kier molecular flexibility index (Phi) is 4.48. The summed E-state index contributed by atoms with van der Waals surface area (Å²) in [5.41, 5.74) is -0.977. The molecule has 0 aromatic heterocycles. The topological polar surface area (TPSA) is 69.6 Å². The molecule has 66 valence electrons. The highest BCUT2D eigenvalue weighted by Crippen LogP contribution is 2.04.